The first-order valence-electron chi connectivity index (χ1n) is 12.1. The molecule has 0 bridgehead atoms. The molecule has 7 heteroatoms. The zero-order valence-electron chi connectivity index (χ0n) is 19.9. The highest BCUT2D eigenvalue weighted by atomic mass is 19.1. The van der Waals surface area contributed by atoms with Crippen molar-refractivity contribution in [2.24, 2.45) is 0 Å². The maximum Gasteiger partial charge on any atom is 0.225 e. The number of carbonyl (C=O) groups is 1. The summed E-state index contributed by atoms with van der Waals surface area (Å²) in [5.74, 6) is 0.329. The van der Waals surface area contributed by atoms with E-state index in [0.29, 0.717) is 24.7 Å². The summed E-state index contributed by atoms with van der Waals surface area (Å²) >= 11 is 0. The van der Waals surface area contributed by atoms with Gasteiger partial charge in [0, 0.05) is 48.1 Å². The van der Waals surface area contributed by atoms with Gasteiger partial charge in [0.05, 0.1) is 18.2 Å². The van der Waals surface area contributed by atoms with Crippen molar-refractivity contribution in [2.75, 3.05) is 13.1 Å². The highest BCUT2D eigenvalue weighted by molar-refractivity contribution is 5.92. The van der Waals surface area contributed by atoms with Crippen molar-refractivity contribution in [1.82, 2.24) is 19.3 Å². The number of hydrogen-bond donors (Lipinski definition) is 2. The van der Waals surface area contributed by atoms with Gasteiger partial charge in [-0.15, -0.1) is 0 Å². The third-order valence-electron chi connectivity index (χ3n) is 6.96. The first-order valence-corrected chi connectivity index (χ1v) is 12.1. The number of carbonyl (C=O) groups excluding carboxylic acids is 1. The lowest BCUT2D eigenvalue weighted by Gasteiger charge is -2.32. The molecular weight excluding hydrogens is 431 g/mol. The van der Waals surface area contributed by atoms with Crippen molar-refractivity contribution in [3.05, 3.63) is 59.8 Å². The molecule has 0 spiro atoms. The molecule has 0 radical (unpaired) electrons. The maximum absolute atomic E-state index is 14.7. The number of fused-ring (bicyclic) bond motifs is 2. The van der Waals surface area contributed by atoms with Crippen molar-refractivity contribution < 1.29 is 14.3 Å². The first kappa shape index (κ1) is 22.6. The van der Waals surface area contributed by atoms with Crippen LogP contribution in [0.25, 0.3) is 27.8 Å². The largest absolute Gasteiger partial charge is 0.393 e. The van der Waals surface area contributed by atoms with E-state index in [1.54, 1.807) is 29.8 Å². The molecule has 1 fully saturated rings. The fourth-order valence-electron chi connectivity index (χ4n) is 5.28. The minimum atomic E-state index is -0.604. The molecule has 4 heterocycles. The second kappa shape index (κ2) is 8.87. The molecule has 34 heavy (non-hydrogen) atoms. The van der Waals surface area contributed by atoms with E-state index >= 15 is 0 Å². The molecule has 6 nitrogen and oxygen atoms in total. The third-order valence-corrected chi connectivity index (χ3v) is 6.96. The van der Waals surface area contributed by atoms with E-state index in [-0.39, 0.29) is 24.1 Å². The Hall–Kier alpha value is -3.19. The van der Waals surface area contributed by atoms with E-state index in [4.69, 9.17) is 0 Å². The van der Waals surface area contributed by atoms with Gasteiger partial charge in [0.2, 0.25) is 5.91 Å². The fourth-order valence-corrected chi connectivity index (χ4v) is 5.28. The predicted molar refractivity (Wildman–Crippen MR) is 131 cm³/mol. The molecule has 4 aromatic rings. The lowest BCUT2D eigenvalue weighted by Crippen LogP contribution is -2.39. The van der Waals surface area contributed by atoms with Crippen LogP contribution < -0.4 is 0 Å². The number of piperidine rings is 1. The Bertz CT molecular complexity index is 1350. The topological polar surface area (TPSA) is 73.6 Å². The number of imidazole rings is 1. The van der Waals surface area contributed by atoms with Crippen molar-refractivity contribution >= 4 is 22.5 Å². The number of aromatic nitrogens is 3. The van der Waals surface area contributed by atoms with Crippen molar-refractivity contribution in [2.45, 2.75) is 58.0 Å². The van der Waals surface area contributed by atoms with Gasteiger partial charge in [-0.3, -0.25) is 4.79 Å². The van der Waals surface area contributed by atoms with E-state index in [1.807, 2.05) is 11.1 Å². The Labute approximate surface area is 198 Å². The van der Waals surface area contributed by atoms with Crippen LogP contribution in [0, 0.1) is 5.82 Å². The Morgan fingerprint density at radius 2 is 2.00 bits per heavy atom. The summed E-state index contributed by atoms with van der Waals surface area (Å²) in [7, 11) is 0. The Balaban J connectivity index is 1.47. The molecule has 1 amide bonds. The number of H-pyrrole nitrogens is 1. The molecule has 1 atom stereocenters. The molecule has 2 N–H and O–H groups in total. The predicted octanol–water partition coefficient (Wildman–Crippen LogP) is 5.22. The second-order valence-electron chi connectivity index (χ2n) is 9.82. The normalized spacial score (nSPS) is 16.1. The number of halogens is 1. The minimum Gasteiger partial charge on any atom is -0.393 e. The van der Waals surface area contributed by atoms with Crippen LogP contribution in [-0.4, -0.2) is 49.5 Å². The summed E-state index contributed by atoms with van der Waals surface area (Å²) in [5.41, 5.74) is 5.56. The number of benzene rings is 1. The molecule has 1 aliphatic heterocycles. The van der Waals surface area contributed by atoms with E-state index in [2.05, 4.69) is 42.0 Å². The van der Waals surface area contributed by atoms with E-state index in [9.17, 15) is 14.3 Å². The number of likely N-dealkylation sites (tertiary alicyclic amines) is 1. The summed E-state index contributed by atoms with van der Waals surface area (Å²) in [6.45, 7) is 7.41. The number of aliphatic hydroxyl groups is 1. The number of hydrogen-bond acceptors (Lipinski definition) is 3. The quantitative estimate of drug-likeness (QED) is 0.427. The van der Waals surface area contributed by atoms with Gasteiger partial charge >= 0.3 is 0 Å². The summed E-state index contributed by atoms with van der Waals surface area (Å²) in [6, 6.07) is 8.12. The van der Waals surface area contributed by atoms with Crippen LogP contribution in [0.4, 0.5) is 4.39 Å². The van der Waals surface area contributed by atoms with Gasteiger partial charge in [0.15, 0.2) is 11.5 Å². The van der Waals surface area contributed by atoms with Crippen LogP contribution in [0.2, 0.25) is 0 Å². The molecule has 5 rings (SSSR count). The monoisotopic (exact) mass is 462 g/mol. The Morgan fingerprint density at radius 3 is 2.71 bits per heavy atom. The number of rotatable bonds is 5. The van der Waals surface area contributed by atoms with Crippen LogP contribution in [0.5, 0.6) is 0 Å². The molecule has 1 aliphatic rings. The molecule has 1 aromatic carbocycles. The van der Waals surface area contributed by atoms with Gasteiger partial charge in [0.25, 0.3) is 0 Å². The standard InChI is InChI=1S/C27H31FN4O2/c1-16(2)25-21-13-19(18-6-9-31(10-7-18)24(34)12-17(3)33)4-5-23(21)30-26(25)20-14-22(28)27-29-8-11-32(27)15-20/h4-5,8,11,13-18,30,33H,6-7,9-10,12H2,1-3H3. The zero-order valence-corrected chi connectivity index (χ0v) is 19.9. The molecule has 0 saturated carbocycles. The van der Waals surface area contributed by atoms with Crippen LogP contribution in [0.3, 0.4) is 0 Å². The number of aliphatic hydroxyl groups excluding tert-OH is 1. The van der Waals surface area contributed by atoms with Gasteiger partial charge in [-0.25, -0.2) is 9.37 Å². The van der Waals surface area contributed by atoms with E-state index < -0.39 is 6.10 Å². The van der Waals surface area contributed by atoms with Gasteiger partial charge in [-0.1, -0.05) is 19.9 Å². The summed E-state index contributed by atoms with van der Waals surface area (Å²) in [4.78, 5) is 21.8. The van der Waals surface area contributed by atoms with Crippen LogP contribution in [0.15, 0.2) is 42.9 Å². The number of nitrogens with zero attached hydrogens (tertiary/aromatic N) is 3. The van der Waals surface area contributed by atoms with Crippen LogP contribution in [-0.2, 0) is 4.79 Å². The molecule has 178 valence electrons. The number of aromatic amines is 1. The SMILES string of the molecule is CC(O)CC(=O)N1CCC(c2ccc3[nH]c(-c4cc(F)c5nccn5c4)c(C(C)C)c3c2)CC1. The number of nitrogens with one attached hydrogen (secondary N) is 1. The molecule has 3 aromatic heterocycles. The van der Waals surface area contributed by atoms with Crippen LogP contribution >= 0.6 is 0 Å². The summed E-state index contributed by atoms with van der Waals surface area (Å²) in [5, 5.41) is 10.7. The number of pyridine rings is 1. The average molecular weight is 463 g/mol. The van der Waals surface area contributed by atoms with E-state index in [1.165, 1.54) is 16.5 Å². The van der Waals surface area contributed by atoms with E-state index in [0.717, 1.165) is 29.6 Å². The molecule has 1 unspecified atom stereocenters. The summed E-state index contributed by atoms with van der Waals surface area (Å²) in [6.07, 6.45) is 6.69. The lowest BCUT2D eigenvalue weighted by molar-refractivity contribution is -0.134. The van der Waals surface area contributed by atoms with Gasteiger partial charge in [-0.05, 0) is 60.9 Å². The summed E-state index contributed by atoms with van der Waals surface area (Å²) < 4.78 is 16.4. The van der Waals surface area contributed by atoms with Crippen molar-refractivity contribution in [3.63, 3.8) is 0 Å². The second-order valence-corrected chi connectivity index (χ2v) is 9.82. The van der Waals surface area contributed by atoms with Crippen molar-refractivity contribution in [3.8, 4) is 11.3 Å². The first-order chi connectivity index (χ1) is 16.3. The fraction of sp³-hybridized carbons (Fsp3) is 0.407. The smallest absolute Gasteiger partial charge is 0.225 e. The highest BCUT2D eigenvalue weighted by Gasteiger charge is 2.25. The minimum absolute atomic E-state index is 0.0309. The zero-order chi connectivity index (χ0) is 24.0. The third kappa shape index (κ3) is 4.09. The highest BCUT2D eigenvalue weighted by Crippen LogP contribution is 2.38. The van der Waals surface area contributed by atoms with Gasteiger partial charge < -0.3 is 19.4 Å². The molecule has 0 aliphatic carbocycles. The van der Waals surface area contributed by atoms with Crippen molar-refractivity contribution in [1.29, 1.82) is 0 Å². The molecular formula is C27H31FN4O2. The average Bonchev–Trinajstić information content (AvgIpc) is 3.43. The van der Waals surface area contributed by atoms with Crippen LogP contribution in [0.1, 0.15) is 63.0 Å². The lowest BCUT2D eigenvalue weighted by atomic mass is 9.87. The van der Waals surface area contributed by atoms with Gasteiger partial charge in [-0.2, -0.15) is 0 Å². The molecule has 1 saturated heterocycles. The Morgan fingerprint density at radius 1 is 1.24 bits per heavy atom. The Kier molecular flexibility index (Phi) is 5.90. The van der Waals surface area contributed by atoms with Gasteiger partial charge in [0.1, 0.15) is 0 Å². The maximum atomic E-state index is 14.7. The number of amides is 1.